The first-order valence-electron chi connectivity index (χ1n) is 8.04. The van der Waals surface area contributed by atoms with Crippen LogP contribution in [0.1, 0.15) is 11.4 Å². The number of rotatable bonds is 4. The Labute approximate surface area is 147 Å². The Balaban J connectivity index is 1.64. The summed E-state index contributed by atoms with van der Waals surface area (Å²) in [7, 11) is 0. The summed E-state index contributed by atoms with van der Waals surface area (Å²) < 4.78 is 6.03. The fraction of sp³-hybridized carbons (Fsp3) is 0.0526. The van der Waals surface area contributed by atoms with Gasteiger partial charge in [0.25, 0.3) is 11.8 Å². The largest absolute Gasteiger partial charge is 0.427 e. The highest BCUT2D eigenvalue weighted by Gasteiger charge is 2.13. The van der Waals surface area contributed by atoms with E-state index in [-0.39, 0.29) is 5.56 Å². The van der Waals surface area contributed by atoms with E-state index in [9.17, 15) is 9.59 Å². The minimum absolute atomic E-state index is 0.248. The maximum Gasteiger partial charge on any atom is 0.427 e. The number of nitrogens with zero attached hydrogens (tertiary/aromatic N) is 2. The van der Waals surface area contributed by atoms with Gasteiger partial charge in [-0.2, -0.15) is 0 Å². The molecule has 4 rings (SSSR count). The molecule has 4 aromatic rings. The van der Waals surface area contributed by atoms with Crippen LogP contribution in [0, 0.1) is 0 Å². The molecule has 0 aliphatic heterocycles. The summed E-state index contributed by atoms with van der Waals surface area (Å²) in [5.74, 6) is 0.496. The predicted octanol–water partition coefficient (Wildman–Crippen LogP) is 1.74. The standard InChI is InChI=1S/C19H14N4O3/c24-18-12-23(22-26-18)14-9-10-16-15(11-14)19(25)21-17(20-16)8-4-7-13-5-2-1-3-6-13/h1-6,8-12H,7H2,(H-,20,21,22,24,25)/p+1/b8-4-. The van der Waals surface area contributed by atoms with Crippen molar-refractivity contribution < 1.29 is 9.20 Å². The van der Waals surface area contributed by atoms with Crippen molar-refractivity contribution >= 4 is 17.0 Å². The Kier molecular flexibility index (Phi) is 4.03. The molecule has 0 unspecified atom stereocenters. The minimum atomic E-state index is -0.504. The molecule has 7 heteroatoms. The summed E-state index contributed by atoms with van der Waals surface area (Å²) in [5, 5.41) is 2.87. The zero-order chi connectivity index (χ0) is 17.9. The molecule has 0 saturated carbocycles. The summed E-state index contributed by atoms with van der Waals surface area (Å²) >= 11 is 0. The lowest BCUT2D eigenvalue weighted by molar-refractivity contribution is -0.670. The summed E-state index contributed by atoms with van der Waals surface area (Å²) in [4.78, 5) is 30.7. The maximum absolute atomic E-state index is 12.4. The molecule has 0 atom stereocenters. The molecule has 0 aliphatic carbocycles. The second-order valence-corrected chi connectivity index (χ2v) is 5.76. The summed E-state index contributed by atoms with van der Waals surface area (Å²) in [6, 6.07) is 15.2. The second kappa shape index (κ2) is 6.64. The molecule has 0 amide bonds. The molecule has 128 valence electrons. The fourth-order valence-electron chi connectivity index (χ4n) is 2.67. The van der Waals surface area contributed by atoms with Gasteiger partial charge in [-0.25, -0.2) is 9.78 Å². The molecule has 0 spiro atoms. The number of H-pyrrole nitrogens is 2. The third-order valence-electron chi connectivity index (χ3n) is 3.94. The van der Waals surface area contributed by atoms with Crippen molar-refractivity contribution in [3.8, 4) is 5.69 Å². The SMILES string of the molecule is O=c1c[n+](-c2ccc3nc(/C=C\Cc4ccccc4)[nH]c(=O)c3c2)[nH]o1. The zero-order valence-corrected chi connectivity index (χ0v) is 13.7. The minimum Gasteiger partial charge on any atom is -0.306 e. The van der Waals surface area contributed by atoms with E-state index in [0.717, 1.165) is 6.42 Å². The normalized spacial score (nSPS) is 11.4. The molecule has 0 saturated heterocycles. The van der Waals surface area contributed by atoms with Crippen LogP contribution < -0.4 is 15.9 Å². The van der Waals surface area contributed by atoms with E-state index < -0.39 is 5.63 Å². The Morgan fingerprint density at radius 3 is 2.73 bits per heavy atom. The number of hydrogen-bond donors (Lipinski definition) is 2. The average Bonchev–Trinajstić information content (AvgIpc) is 3.09. The fourth-order valence-corrected chi connectivity index (χ4v) is 2.67. The van der Waals surface area contributed by atoms with Gasteiger partial charge in [-0.15, -0.1) is 0 Å². The van der Waals surface area contributed by atoms with E-state index in [0.29, 0.717) is 22.4 Å². The summed E-state index contributed by atoms with van der Waals surface area (Å²) in [6.07, 6.45) is 5.76. The molecule has 2 heterocycles. The van der Waals surface area contributed by atoms with Crippen molar-refractivity contribution in [1.82, 2.24) is 15.2 Å². The zero-order valence-electron chi connectivity index (χ0n) is 13.7. The number of allylic oxidation sites excluding steroid dienone is 1. The van der Waals surface area contributed by atoms with E-state index >= 15 is 0 Å². The molecular formula is C19H15N4O3+. The average molecular weight is 347 g/mol. The van der Waals surface area contributed by atoms with Crippen LogP contribution in [-0.4, -0.2) is 15.2 Å². The number of fused-ring (bicyclic) bond motifs is 1. The van der Waals surface area contributed by atoms with Gasteiger partial charge in [0, 0.05) is 12.1 Å². The quantitative estimate of drug-likeness (QED) is 0.550. The van der Waals surface area contributed by atoms with Crippen molar-refractivity contribution in [3.63, 3.8) is 0 Å². The second-order valence-electron chi connectivity index (χ2n) is 5.76. The number of nitrogens with one attached hydrogen (secondary N) is 2. The van der Waals surface area contributed by atoms with Gasteiger partial charge >= 0.3 is 5.63 Å². The molecule has 2 aromatic carbocycles. The molecule has 2 aromatic heterocycles. The number of aromatic nitrogens is 4. The Hall–Kier alpha value is -3.74. The van der Waals surface area contributed by atoms with Gasteiger partial charge in [0.05, 0.1) is 10.9 Å². The molecule has 2 N–H and O–H groups in total. The highest BCUT2D eigenvalue weighted by molar-refractivity contribution is 5.79. The summed E-state index contributed by atoms with van der Waals surface area (Å²) in [6.45, 7) is 0. The lowest BCUT2D eigenvalue weighted by atomic mass is 10.1. The van der Waals surface area contributed by atoms with E-state index in [2.05, 4.69) is 19.8 Å². The van der Waals surface area contributed by atoms with Crippen molar-refractivity contribution in [1.29, 1.82) is 0 Å². The number of hydrogen-bond acceptors (Lipinski definition) is 4. The van der Waals surface area contributed by atoms with E-state index in [4.69, 9.17) is 0 Å². The molecule has 0 radical (unpaired) electrons. The van der Waals surface area contributed by atoms with Crippen LogP contribution in [-0.2, 0) is 6.42 Å². The smallest absolute Gasteiger partial charge is 0.306 e. The van der Waals surface area contributed by atoms with Crippen LogP contribution in [0.2, 0.25) is 0 Å². The van der Waals surface area contributed by atoms with Crippen LogP contribution in [0.3, 0.4) is 0 Å². The van der Waals surface area contributed by atoms with E-state index in [1.807, 2.05) is 36.4 Å². The van der Waals surface area contributed by atoms with Crippen molar-refractivity contribution in [2.75, 3.05) is 0 Å². The van der Waals surface area contributed by atoms with Crippen LogP contribution in [0.5, 0.6) is 0 Å². The maximum atomic E-state index is 12.4. The summed E-state index contributed by atoms with van der Waals surface area (Å²) in [5.41, 5.74) is 1.60. The highest BCUT2D eigenvalue weighted by atomic mass is 16.5. The van der Waals surface area contributed by atoms with Crippen molar-refractivity contribution in [3.05, 3.63) is 93.0 Å². The Morgan fingerprint density at radius 1 is 1.12 bits per heavy atom. The first-order chi connectivity index (χ1) is 12.7. The third kappa shape index (κ3) is 3.23. The third-order valence-corrected chi connectivity index (χ3v) is 3.94. The Morgan fingerprint density at radius 2 is 1.96 bits per heavy atom. The molecule has 0 fully saturated rings. The van der Waals surface area contributed by atoms with E-state index in [1.165, 1.54) is 16.4 Å². The monoisotopic (exact) mass is 347 g/mol. The predicted molar refractivity (Wildman–Crippen MR) is 96.0 cm³/mol. The first-order valence-corrected chi connectivity index (χ1v) is 8.04. The van der Waals surface area contributed by atoms with Crippen LogP contribution >= 0.6 is 0 Å². The molecular weight excluding hydrogens is 332 g/mol. The van der Waals surface area contributed by atoms with Crippen LogP contribution in [0.4, 0.5) is 0 Å². The number of aromatic amines is 2. The Bertz CT molecular complexity index is 1200. The van der Waals surface area contributed by atoms with Gasteiger partial charge in [-0.1, -0.05) is 36.4 Å². The van der Waals surface area contributed by atoms with Crippen LogP contribution in [0.25, 0.3) is 22.7 Å². The molecule has 0 aliphatic rings. The van der Waals surface area contributed by atoms with Gasteiger partial charge in [0.15, 0.2) is 0 Å². The molecule has 0 bridgehead atoms. The lowest BCUT2D eigenvalue weighted by Gasteiger charge is -1.99. The topological polar surface area (TPSA) is 95.6 Å². The first kappa shape index (κ1) is 15.8. The highest BCUT2D eigenvalue weighted by Crippen LogP contribution is 2.11. The van der Waals surface area contributed by atoms with Gasteiger partial charge in [0.1, 0.15) is 5.82 Å². The molecule has 7 nitrogen and oxygen atoms in total. The van der Waals surface area contributed by atoms with E-state index in [1.54, 1.807) is 24.3 Å². The van der Waals surface area contributed by atoms with Gasteiger partial charge in [0.2, 0.25) is 5.69 Å². The van der Waals surface area contributed by atoms with Gasteiger partial charge < -0.3 is 4.98 Å². The van der Waals surface area contributed by atoms with Crippen LogP contribution in [0.15, 0.2) is 74.9 Å². The molecule has 26 heavy (non-hydrogen) atoms. The van der Waals surface area contributed by atoms with Crippen molar-refractivity contribution in [2.24, 2.45) is 0 Å². The van der Waals surface area contributed by atoms with Gasteiger partial charge in [-0.3, -0.25) is 9.32 Å². The number of benzene rings is 2. The van der Waals surface area contributed by atoms with Gasteiger partial charge in [-0.05, 0) is 34.1 Å². The lowest BCUT2D eigenvalue weighted by Crippen LogP contribution is -2.32. The van der Waals surface area contributed by atoms with Crippen molar-refractivity contribution in [2.45, 2.75) is 6.42 Å².